The van der Waals surface area contributed by atoms with Gasteiger partial charge in [-0.1, -0.05) is 19.1 Å². The molecular formula is C11H16IN. The zero-order valence-corrected chi connectivity index (χ0v) is 10.3. The lowest BCUT2D eigenvalue weighted by atomic mass is 10.0. The number of hydrogen-bond donors (Lipinski definition) is 1. The Labute approximate surface area is 94.1 Å². The maximum atomic E-state index is 3.20. The third-order valence-corrected chi connectivity index (χ3v) is 2.77. The van der Waals surface area contributed by atoms with Gasteiger partial charge in [0.25, 0.3) is 0 Å². The van der Waals surface area contributed by atoms with Crippen LogP contribution in [0, 0.1) is 9.49 Å². The molecule has 2 heteroatoms. The van der Waals surface area contributed by atoms with E-state index >= 15 is 0 Å². The lowest BCUT2D eigenvalue weighted by Gasteiger charge is -2.10. The lowest BCUT2D eigenvalue weighted by Crippen LogP contribution is -2.17. The molecule has 1 aromatic carbocycles. The van der Waals surface area contributed by atoms with E-state index in [2.05, 4.69) is 59.1 Å². The highest BCUT2D eigenvalue weighted by atomic mass is 127. The molecule has 0 saturated heterocycles. The van der Waals surface area contributed by atoms with Crippen molar-refractivity contribution in [1.29, 1.82) is 0 Å². The number of nitrogens with one attached hydrogen (secondary N) is 1. The van der Waals surface area contributed by atoms with E-state index in [1.807, 2.05) is 7.05 Å². The molecule has 1 nitrogen and oxygen atoms in total. The second kappa shape index (κ2) is 5.60. The summed E-state index contributed by atoms with van der Waals surface area (Å²) in [5, 5.41) is 3.20. The van der Waals surface area contributed by atoms with Crippen molar-refractivity contribution in [3.8, 4) is 0 Å². The van der Waals surface area contributed by atoms with Crippen LogP contribution < -0.4 is 5.32 Å². The minimum Gasteiger partial charge on any atom is -0.319 e. The van der Waals surface area contributed by atoms with Gasteiger partial charge in [0.1, 0.15) is 0 Å². The van der Waals surface area contributed by atoms with E-state index in [-0.39, 0.29) is 0 Å². The van der Waals surface area contributed by atoms with Crippen LogP contribution in [-0.4, -0.2) is 13.6 Å². The first-order chi connectivity index (χ1) is 6.22. The van der Waals surface area contributed by atoms with Gasteiger partial charge in [0.15, 0.2) is 0 Å². The molecule has 0 fully saturated rings. The molecule has 0 amide bonds. The van der Waals surface area contributed by atoms with Gasteiger partial charge in [0.2, 0.25) is 0 Å². The molecule has 0 aliphatic heterocycles. The van der Waals surface area contributed by atoms with Crippen LogP contribution >= 0.6 is 22.6 Å². The maximum absolute atomic E-state index is 3.20. The summed E-state index contributed by atoms with van der Waals surface area (Å²) < 4.78 is 1.31. The molecule has 0 spiro atoms. The highest BCUT2D eigenvalue weighted by Crippen LogP contribution is 2.10. The van der Waals surface area contributed by atoms with Crippen LogP contribution in [-0.2, 0) is 6.42 Å². The topological polar surface area (TPSA) is 12.0 Å². The molecular weight excluding hydrogens is 273 g/mol. The van der Waals surface area contributed by atoms with Gasteiger partial charge in [-0.15, -0.1) is 0 Å². The largest absolute Gasteiger partial charge is 0.319 e. The van der Waals surface area contributed by atoms with Crippen LogP contribution in [0.5, 0.6) is 0 Å². The Morgan fingerprint density at radius 3 is 2.46 bits per heavy atom. The van der Waals surface area contributed by atoms with Crippen LogP contribution in [0.25, 0.3) is 0 Å². The smallest absolute Gasteiger partial charge is 0.0130 e. The molecule has 72 valence electrons. The summed E-state index contributed by atoms with van der Waals surface area (Å²) in [6.45, 7) is 3.36. The normalized spacial score (nSPS) is 12.8. The summed E-state index contributed by atoms with van der Waals surface area (Å²) in [7, 11) is 2.00. The zero-order chi connectivity index (χ0) is 9.68. The van der Waals surface area contributed by atoms with Gasteiger partial charge in [-0.05, 0) is 66.2 Å². The lowest BCUT2D eigenvalue weighted by molar-refractivity contribution is 0.542. The summed E-state index contributed by atoms with van der Waals surface area (Å²) in [5.41, 5.74) is 1.43. The standard InChI is InChI=1S/C11H16IN/c1-9(8-13-2)7-10-3-5-11(12)6-4-10/h3-6,9,13H,7-8H2,1-2H3. The Bertz CT molecular complexity index is 243. The van der Waals surface area contributed by atoms with Crippen molar-refractivity contribution in [3.63, 3.8) is 0 Å². The molecule has 0 radical (unpaired) electrons. The summed E-state index contributed by atoms with van der Waals surface area (Å²) in [5.74, 6) is 0.713. The van der Waals surface area contributed by atoms with E-state index in [0.29, 0.717) is 5.92 Å². The minimum atomic E-state index is 0.713. The molecule has 13 heavy (non-hydrogen) atoms. The first-order valence-electron chi connectivity index (χ1n) is 4.61. The third-order valence-electron chi connectivity index (χ3n) is 2.05. The summed E-state index contributed by atoms with van der Waals surface area (Å²) in [4.78, 5) is 0. The van der Waals surface area contributed by atoms with Crippen LogP contribution in [0.4, 0.5) is 0 Å². The highest BCUT2D eigenvalue weighted by Gasteiger charge is 2.01. The number of benzene rings is 1. The summed E-state index contributed by atoms with van der Waals surface area (Å²) in [6.07, 6.45) is 1.16. The molecule has 0 heterocycles. The van der Waals surface area contributed by atoms with Gasteiger partial charge in [-0.25, -0.2) is 0 Å². The fourth-order valence-electron chi connectivity index (χ4n) is 1.44. The molecule has 0 aliphatic rings. The molecule has 0 aliphatic carbocycles. The molecule has 1 aromatic rings. The van der Waals surface area contributed by atoms with Gasteiger partial charge < -0.3 is 5.32 Å². The van der Waals surface area contributed by atoms with Crippen LogP contribution in [0.1, 0.15) is 12.5 Å². The van der Waals surface area contributed by atoms with Crippen LogP contribution in [0.15, 0.2) is 24.3 Å². The first kappa shape index (κ1) is 11.0. The van der Waals surface area contributed by atoms with Crippen molar-refractivity contribution in [1.82, 2.24) is 5.32 Å². The first-order valence-corrected chi connectivity index (χ1v) is 5.69. The van der Waals surface area contributed by atoms with Crippen molar-refractivity contribution in [2.45, 2.75) is 13.3 Å². The molecule has 0 bridgehead atoms. The van der Waals surface area contributed by atoms with E-state index in [1.165, 1.54) is 9.13 Å². The number of halogens is 1. The second-order valence-electron chi connectivity index (χ2n) is 3.49. The van der Waals surface area contributed by atoms with Gasteiger partial charge in [-0.3, -0.25) is 0 Å². The quantitative estimate of drug-likeness (QED) is 0.840. The highest BCUT2D eigenvalue weighted by molar-refractivity contribution is 14.1. The van der Waals surface area contributed by atoms with Gasteiger partial charge in [-0.2, -0.15) is 0 Å². The molecule has 1 rings (SSSR count). The Morgan fingerprint density at radius 1 is 1.31 bits per heavy atom. The van der Waals surface area contributed by atoms with Crippen molar-refractivity contribution >= 4 is 22.6 Å². The molecule has 1 unspecified atom stereocenters. The summed E-state index contributed by atoms with van der Waals surface area (Å²) in [6, 6.07) is 8.77. The molecule has 0 saturated carbocycles. The Hall–Kier alpha value is -0.0900. The number of hydrogen-bond acceptors (Lipinski definition) is 1. The second-order valence-corrected chi connectivity index (χ2v) is 4.74. The predicted octanol–water partition coefficient (Wildman–Crippen LogP) is 2.69. The monoisotopic (exact) mass is 289 g/mol. The van der Waals surface area contributed by atoms with Crippen molar-refractivity contribution in [2.24, 2.45) is 5.92 Å². The average Bonchev–Trinajstić information content (AvgIpc) is 2.09. The van der Waals surface area contributed by atoms with E-state index in [1.54, 1.807) is 0 Å². The van der Waals surface area contributed by atoms with Gasteiger partial charge in [0.05, 0.1) is 0 Å². The van der Waals surface area contributed by atoms with Crippen molar-refractivity contribution in [2.75, 3.05) is 13.6 Å². The average molecular weight is 289 g/mol. The zero-order valence-electron chi connectivity index (χ0n) is 8.18. The minimum absolute atomic E-state index is 0.713. The van der Waals surface area contributed by atoms with E-state index in [4.69, 9.17) is 0 Å². The van der Waals surface area contributed by atoms with Crippen molar-refractivity contribution < 1.29 is 0 Å². The predicted molar refractivity (Wildman–Crippen MR) is 66.0 cm³/mol. The Morgan fingerprint density at radius 2 is 1.92 bits per heavy atom. The van der Waals surface area contributed by atoms with E-state index in [9.17, 15) is 0 Å². The third kappa shape index (κ3) is 4.09. The van der Waals surface area contributed by atoms with Crippen molar-refractivity contribution in [3.05, 3.63) is 33.4 Å². The van der Waals surface area contributed by atoms with E-state index in [0.717, 1.165) is 13.0 Å². The fourth-order valence-corrected chi connectivity index (χ4v) is 1.80. The summed E-state index contributed by atoms with van der Waals surface area (Å²) >= 11 is 2.33. The Kier molecular flexibility index (Phi) is 4.73. The molecule has 1 atom stereocenters. The molecule has 1 N–H and O–H groups in total. The van der Waals surface area contributed by atoms with E-state index < -0.39 is 0 Å². The van der Waals surface area contributed by atoms with Gasteiger partial charge in [0, 0.05) is 3.57 Å². The number of rotatable bonds is 4. The van der Waals surface area contributed by atoms with Crippen LogP contribution in [0.2, 0.25) is 0 Å². The van der Waals surface area contributed by atoms with Gasteiger partial charge >= 0.3 is 0 Å². The van der Waals surface area contributed by atoms with Crippen LogP contribution in [0.3, 0.4) is 0 Å². The Balaban J connectivity index is 2.49. The maximum Gasteiger partial charge on any atom is 0.0130 e. The SMILES string of the molecule is CNCC(C)Cc1ccc(I)cc1. The fraction of sp³-hybridized carbons (Fsp3) is 0.455. The molecule has 0 aromatic heterocycles.